The Labute approximate surface area is 114 Å². The fraction of sp³-hybridized carbons (Fsp3) is 0.364. The van der Waals surface area contributed by atoms with Crippen LogP contribution in [0.4, 0.5) is 0 Å². The molecule has 0 saturated heterocycles. The van der Waals surface area contributed by atoms with E-state index in [0.29, 0.717) is 24.2 Å². The molecular weight excluding hydrogens is 270 g/mol. The SMILES string of the molecule is O=c1[nH]c2cccnc2c(=O)n1CC[C@@H](S)CS. The second-order valence-corrected chi connectivity index (χ2v) is 5.01. The van der Waals surface area contributed by atoms with E-state index < -0.39 is 5.69 Å². The Morgan fingerprint density at radius 3 is 2.94 bits per heavy atom. The molecule has 7 heteroatoms. The largest absolute Gasteiger partial charge is 0.328 e. The summed E-state index contributed by atoms with van der Waals surface area (Å²) in [5.41, 5.74) is -0.0479. The minimum absolute atomic E-state index is 0.0547. The molecule has 0 unspecified atom stereocenters. The summed E-state index contributed by atoms with van der Waals surface area (Å²) in [6.45, 7) is 0.315. The highest BCUT2D eigenvalue weighted by molar-refractivity contribution is 7.84. The lowest BCUT2D eigenvalue weighted by Crippen LogP contribution is -2.36. The van der Waals surface area contributed by atoms with Gasteiger partial charge in [-0.3, -0.25) is 9.36 Å². The standard InChI is InChI=1S/C11H13N3O2S2/c15-10-9-8(2-1-4-12-9)13-11(16)14(10)5-3-7(18)6-17/h1-2,4,7,17-18H,3,5-6H2,(H,13,16)/t7-/m1/s1. The summed E-state index contributed by atoms with van der Waals surface area (Å²) in [5.74, 6) is 0.599. The van der Waals surface area contributed by atoms with Gasteiger partial charge in [0.2, 0.25) is 0 Å². The number of nitrogens with one attached hydrogen (secondary N) is 1. The maximum atomic E-state index is 12.1. The fourth-order valence-corrected chi connectivity index (χ4v) is 1.95. The third-order valence-corrected chi connectivity index (χ3v) is 3.81. The third kappa shape index (κ3) is 2.62. The number of hydrogen-bond donors (Lipinski definition) is 3. The van der Waals surface area contributed by atoms with Crippen LogP contribution in [-0.2, 0) is 6.54 Å². The molecule has 0 radical (unpaired) electrons. The predicted octanol–water partition coefficient (Wildman–Crippen LogP) is 0.703. The lowest BCUT2D eigenvalue weighted by atomic mass is 10.3. The molecule has 0 amide bonds. The summed E-state index contributed by atoms with van der Waals surface area (Å²) in [6.07, 6.45) is 2.13. The normalized spacial score (nSPS) is 12.8. The van der Waals surface area contributed by atoms with Crippen LogP contribution in [-0.4, -0.2) is 25.5 Å². The van der Waals surface area contributed by atoms with Crippen LogP contribution in [0.15, 0.2) is 27.9 Å². The topological polar surface area (TPSA) is 67.8 Å². The highest BCUT2D eigenvalue weighted by Crippen LogP contribution is 2.04. The number of H-pyrrole nitrogens is 1. The zero-order valence-corrected chi connectivity index (χ0v) is 11.3. The Hall–Kier alpha value is -1.21. The number of thiol groups is 2. The molecule has 0 aliphatic carbocycles. The molecule has 0 spiro atoms. The minimum atomic E-state index is -0.416. The Bertz CT molecular complexity index is 665. The molecule has 0 aliphatic heterocycles. The first kappa shape index (κ1) is 13.2. The van der Waals surface area contributed by atoms with Crippen LogP contribution in [0.1, 0.15) is 6.42 Å². The first-order valence-corrected chi connectivity index (χ1v) is 6.65. The van der Waals surface area contributed by atoms with Crippen molar-refractivity contribution in [2.45, 2.75) is 18.2 Å². The maximum Gasteiger partial charge on any atom is 0.328 e. The first-order chi connectivity index (χ1) is 8.63. The van der Waals surface area contributed by atoms with Crippen LogP contribution < -0.4 is 11.2 Å². The van der Waals surface area contributed by atoms with Crippen LogP contribution in [0.5, 0.6) is 0 Å². The van der Waals surface area contributed by atoms with Crippen molar-refractivity contribution >= 4 is 36.3 Å². The Kier molecular flexibility index (Phi) is 4.13. The number of aromatic amines is 1. The molecule has 2 aromatic heterocycles. The van der Waals surface area contributed by atoms with Crippen molar-refractivity contribution in [2.75, 3.05) is 5.75 Å². The van der Waals surface area contributed by atoms with Gasteiger partial charge in [-0.2, -0.15) is 25.3 Å². The molecule has 0 aliphatic rings. The second kappa shape index (κ2) is 5.62. The predicted molar refractivity (Wildman–Crippen MR) is 77.9 cm³/mol. The molecule has 2 aromatic rings. The lowest BCUT2D eigenvalue weighted by Gasteiger charge is -2.08. The van der Waals surface area contributed by atoms with E-state index in [9.17, 15) is 9.59 Å². The number of fused-ring (bicyclic) bond motifs is 1. The van der Waals surface area contributed by atoms with E-state index in [1.165, 1.54) is 6.20 Å². The number of aromatic nitrogens is 3. The zero-order chi connectivity index (χ0) is 13.1. The van der Waals surface area contributed by atoms with Gasteiger partial charge in [-0.05, 0) is 18.6 Å². The monoisotopic (exact) mass is 283 g/mol. The number of nitrogens with zero attached hydrogens (tertiary/aromatic N) is 2. The van der Waals surface area contributed by atoms with Crippen LogP contribution in [0, 0.1) is 0 Å². The van der Waals surface area contributed by atoms with Gasteiger partial charge in [-0.1, -0.05) is 0 Å². The molecular formula is C11H13N3O2S2. The average Bonchev–Trinajstić information content (AvgIpc) is 2.38. The smallest absolute Gasteiger partial charge is 0.305 e. The molecule has 2 heterocycles. The Morgan fingerprint density at radius 1 is 1.44 bits per heavy atom. The van der Waals surface area contributed by atoms with Crippen molar-refractivity contribution in [3.05, 3.63) is 39.2 Å². The van der Waals surface area contributed by atoms with Crippen molar-refractivity contribution in [1.82, 2.24) is 14.5 Å². The fourth-order valence-electron chi connectivity index (χ4n) is 1.65. The summed E-state index contributed by atoms with van der Waals surface area (Å²) in [5, 5.41) is 0.0547. The summed E-state index contributed by atoms with van der Waals surface area (Å²) in [7, 11) is 0. The summed E-state index contributed by atoms with van der Waals surface area (Å²) >= 11 is 8.39. The minimum Gasteiger partial charge on any atom is -0.305 e. The number of hydrogen-bond acceptors (Lipinski definition) is 5. The molecule has 96 valence electrons. The highest BCUT2D eigenvalue weighted by atomic mass is 32.1. The maximum absolute atomic E-state index is 12.1. The molecule has 1 atom stereocenters. The van der Waals surface area contributed by atoms with Crippen LogP contribution >= 0.6 is 25.3 Å². The second-order valence-electron chi connectivity index (χ2n) is 3.91. The molecule has 0 fully saturated rings. The van der Waals surface area contributed by atoms with Gasteiger partial charge in [0.1, 0.15) is 0 Å². The van der Waals surface area contributed by atoms with E-state index in [4.69, 9.17) is 0 Å². The highest BCUT2D eigenvalue weighted by Gasteiger charge is 2.09. The molecule has 0 saturated carbocycles. The molecule has 5 nitrogen and oxygen atoms in total. The van der Waals surface area contributed by atoms with E-state index in [-0.39, 0.29) is 16.3 Å². The van der Waals surface area contributed by atoms with E-state index >= 15 is 0 Å². The van der Waals surface area contributed by atoms with E-state index in [0.717, 1.165) is 4.57 Å². The Balaban J connectivity index is 2.45. The van der Waals surface area contributed by atoms with Gasteiger partial charge in [0, 0.05) is 23.7 Å². The van der Waals surface area contributed by atoms with Gasteiger partial charge in [-0.25, -0.2) is 9.78 Å². The van der Waals surface area contributed by atoms with Gasteiger partial charge in [-0.15, -0.1) is 0 Å². The number of rotatable bonds is 4. The number of pyridine rings is 1. The van der Waals surface area contributed by atoms with Crippen LogP contribution in [0.2, 0.25) is 0 Å². The van der Waals surface area contributed by atoms with Crippen molar-refractivity contribution in [3.63, 3.8) is 0 Å². The van der Waals surface area contributed by atoms with Crippen molar-refractivity contribution in [3.8, 4) is 0 Å². The Morgan fingerprint density at radius 2 is 2.22 bits per heavy atom. The summed E-state index contributed by atoms with van der Waals surface area (Å²) < 4.78 is 1.15. The molecule has 1 N–H and O–H groups in total. The quantitative estimate of drug-likeness (QED) is 0.724. The van der Waals surface area contributed by atoms with E-state index in [1.54, 1.807) is 12.1 Å². The van der Waals surface area contributed by atoms with Gasteiger partial charge < -0.3 is 4.98 Å². The van der Waals surface area contributed by atoms with Crippen LogP contribution in [0.3, 0.4) is 0 Å². The van der Waals surface area contributed by atoms with Gasteiger partial charge in [0.25, 0.3) is 5.56 Å². The zero-order valence-electron chi connectivity index (χ0n) is 9.54. The van der Waals surface area contributed by atoms with Crippen molar-refractivity contribution < 1.29 is 0 Å². The van der Waals surface area contributed by atoms with E-state index in [2.05, 4.69) is 35.2 Å². The van der Waals surface area contributed by atoms with E-state index in [1.807, 2.05) is 0 Å². The van der Waals surface area contributed by atoms with Crippen molar-refractivity contribution in [2.24, 2.45) is 0 Å². The third-order valence-electron chi connectivity index (χ3n) is 2.64. The van der Waals surface area contributed by atoms with Gasteiger partial charge >= 0.3 is 5.69 Å². The van der Waals surface area contributed by atoms with Crippen LogP contribution in [0.25, 0.3) is 11.0 Å². The lowest BCUT2D eigenvalue weighted by molar-refractivity contribution is 0.598. The summed E-state index contributed by atoms with van der Waals surface area (Å²) in [4.78, 5) is 30.5. The molecule has 2 rings (SSSR count). The first-order valence-electron chi connectivity index (χ1n) is 5.50. The van der Waals surface area contributed by atoms with Gasteiger partial charge in [0.05, 0.1) is 5.52 Å². The summed E-state index contributed by atoms with van der Waals surface area (Å²) in [6, 6.07) is 3.33. The average molecular weight is 283 g/mol. The molecule has 0 bridgehead atoms. The van der Waals surface area contributed by atoms with Crippen molar-refractivity contribution in [1.29, 1.82) is 0 Å². The van der Waals surface area contributed by atoms with Gasteiger partial charge in [0.15, 0.2) is 5.52 Å². The molecule has 0 aromatic carbocycles. The molecule has 18 heavy (non-hydrogen) atoms.